The number of hydrogen-bond donors (Lipinski definition) is 2. The molecule has 0 aliphatic heterocycles. The van der Waals surface area contributed by atoms with Crippen LogP contribution >= 0.6 is 0 Å². The van der Waals surface area contributed by atoms with E-state index in [2.05, 4.69) is 38.1 Å². The van der Waals surface area contributed by atoms with Crippen molar-refractivity contribution in [2.75, 3.05) is 0 Å². The maximum Gasteiger partial charge on any atom is 0.339 e. The molecule has 0 aromatic heterocycles. The van der Waals surface area contributed by atoms with Gasteiger partial charge in [0.1, 0.15) is 11.3 Å². The summed E-state index contributed by atoms with van der Waals surface area (Å²) in [6.07, 6.45) is 16.0. The average Bonchev–Trinajstić information content (AvgIpc) is 2.79. The van der Waals surface area contributed by atoms with Gasteiger partial charge in [0.05, 0.1) is 0 Å². The quantitative estimate of drug-likeness (QED) is 0.258. The number of hydrogen-bond acceptors (Lipinski definition) is 2. The number of carboxylic acid groups (broad SMARTS) is 1. The van der Waals surface area contributed by atoms with Crippen LogP contribution in [0, 0.1) is 0 Å². The van der Waals surface area contributed by atoms with Crippen LogP contribution in [0.5, 0.6) is 5.75 Å². The first-order valence-corrected chi connectivity index (χ1v) is 12.7. The first-order valence-electron chi connectivity index (χ1n) is 12.7. The molecule has 1 atom stereocenters. The highest BCUT2D eigenvalue weighted by Crippen LogP contribution is 2.33. The molecule has 32 heavy (non-hydrogen) atoms. The lowest BCUT2D eigenvalue weighted by atomic mass is 9.85. The molecule has 0 saturated heterocycles. The molecule has 0 heterocycles. The van der Waals surface area contributed by atoms with E-state index >= 15 is 0 Å². The Morgan fingerprint density at radius 2 is 1.31 bits per heavy atom. The van der Waals surface area contributed by atoms with Crippen LogP contribution in [0.4, 0.5) is 0 Å². The summed E-state index contributed by atoms with van der Waals surface area (Å²) in [6.45, 7) is 4.47. The number of carboxylic acids is 1. The Hall–Kier alpha value is -2.29. The first-order chi connectivity index (χ1) is 15.6. The minimum atomic E-state index is -1.08. The van der Waals surface area contributed by atoms with Crippen molar-refractivity contribution in [3.8, 4) is 5.75 Å². The van der Waals surface area contributed by atoms with Gasteiger partial charge in [0.25, 0.3) is 0 Å². The third-order valence-electron chi connectivity index (χ3n) is 6.45. The highest BCUT2D eigenvalue weighted by Gasteiger charge is 2.18. The summed E-state index contributed by atoms with van der Waals surface area (Å²) in [5.74, 6) is -1.10. The normalized spacial score (nSPS) is 12.1. The molecule has 2 aromatic carbocycles. The minimum absolute atomic E-state index is 0.0156. The lowest BCUT2D eigenvalue weighted by molar-refractivity contribution is 0.0693. The third kappa shape index (κ3) is 8.68. The fourth-order valence-electron chi connectivity index (χ4n) is 4.45. The Labute approximate surface area is 194 Å². The van der Waals surface area contributed by atoms with Gasteiger partial charge >= 0.3 is 5.97 Å². The van der Waals surface area contributed by atoms with Crippen LogP contribution in [0.2, 0.25) is 0 Å². The van der Waals surface area contributed by atoms with Crippen molar-refractivity contribution in [3.63, 3.8) is 0 Å². The first kappa shape index (κ1) is 26.0. The molecular weight excluding hydrogens is 396 g/mol. The topological polar surface area (TPSA) is 57.5 Å². The molecule has 0 saturated carbocycles. The molecule has 0 amide bonds. The Morgan fingerprint density at radius 1 is 0.750 bits per heavy atom. The van der Waals surface area contributed by atoms with Gasteiger partial charge in [-0.2, -0.15) is 0 Å². The number of aromatic hydroxyl groups is 1. The summed E-state index contributed by atoms with van der Waals surface area (Å²) < 4.78 is 0. The van der Waals surface area contributed by atoms with Gasteiger partial charge < -0.3 is 10.2 Å². The maximum atomic E-state index is 11.5. The van der Waals surface area contributed by atoms with Crippen molar-refractivity contribution in [2.45, 2.75) is 103 Å². The van der Waals surface area contributed by atoms with Gasteiger partial charge in [0.15, 0.2) is 0 Å². The fourth-order valence-corrected chi connectivity index (χ4v) is 4.45. The van der Waals surface area contributed by atoms with Gasteiger partial charge in [0.2, 0.25) is 0 Å². The Kier molecular flexibility index (Phi) is 11.9. The van der Waals surface area contributed by atoms with Crippen LogP contribution in [0.3, 0.4) is 0 Å². The van der Waals surface area contributed by atoms with E-state index < -0.39 is 5.97 Å². The van der Waals surface area contributed by atoms with E-state index in [9.17, 15) is 15.0 Å². The van der Waals surface area contributed by atoms with Gasteiger partial charge in [-0.1, -0.05) is 108 Å². The van der Waals surface area contributed by atoms with Gasteiger partial charge in [-0.3, -0.25) is 0 Å². The second-order valence-corrected chi connectivity index (χ2v) is 9.10. The second kappa shape index (κ2) is 14.7. The van der Waals surface area contributed by atoms with E-state index in [1.807, 2.05) is 6.07 Å². The number of aryl methyl sites for hydroxylation is 1. The summed E-state index contributed by atoms with van der Waals surface area (Å²) in [5, 5.41) is 19.4. The van der Waals surface area contributed by atoms with E-state index in [-0.39, 0.29) is 17.2 Å². The lowest BCUT2D eigenvalue weighted by Gasteiger charge is -2.19. The molecule has 0 aliphatic carbocycles. The van der Waals surface area contributed by atoms with Crippen molar-refractivity contribution in [1.29, 1.82) is 0 Å². The molecule has 0 bridgehead atoms. The number of benzene rings is 2. The molecule has 2 aromatic rings. The van der Waals surface area contributed by atoms with E-state index in [1.165, 1.54) is 81.4 Å². The molecule has 3 nitrogen and oxygen atoms in total. The SMILES string of the molecule is CCCCCCCCc1ccc(C(CCCCCCC)c2ccc(O)c(C(=O)O)c2)cc1. The minimum Gasteiger partial charge on any atom is -0.507 e. The monoisotopic (exact) mass is 438 g/mol. The van der Waals surface area contributed by atoms with Gasteiger partial charge in [0, 0.05) is 5.92 Å². The highest BCUT2D eigenvalue weighted by atomic mass is 16.4. The molecule has 0 aliphatic rings. The zero-order valence-electron chi connectivity index (χ0n) is 20.1. The van der Waals surface area contributed by atoms with Crippen molar-refractivity contribution in [2.24, 2.45) is 0 Å². The molecule has 3 heteroatoms. The molecule has 0 fully saturated rings. The molecule has 0 spiro atoms. The van der Waals surface area contributed by atoms with Crippen molar-refractivity contribution in [3.05, 3.63) is 64.7 Å². The molecule has 176 valence electrons. The largest absolute Gasteiger partial charge is 0.507 e. The predicted molar refractivity (Wildman–Crippen MR) is 134 cm³/mol. The van der Waals surface area contributed by atoms with Crippen LogP contribution in [0.15, 0.2) is 42.5 Å². The summed E-state index contributed by atoms with van der Waals surface area (Å²) in [4.78, 5) is 11.5. The fraction of sp³-hybridized carbons (Fsp3) is 0.552. The van der Waals surface area contributed by atoms with Crippen LogP contribution < -0.4 is 0 Å². The number of carbonyl (C=O) groups is 1. The standard InChI is InChI=1S/C29H42O3/c1-3-5-7-9-11-12-14-23-16-18-24(19-17-23)26(15-13-10-8-6-4-2)25-20-21-28(30)27(22-25)29(31)32/h16-22,26,30H,3-15H2,1-2H3,(H,31,32). The molecular formula is C29H42O3. The van der Waals surface area contributed by atoms with Crippen LogP contribution in [-0.2, 0) is 6.42 Å². The molecule has 1 unspecified atom stereocenters. The summed E-state index contributed by atoms with van der Waals surface area (Å²) in [7, 11) is 0. The number of unbranched alkanes of at least 4 members (excludes halogenated alkanes) is 9. The predicted octanol–water partition coefficient (Wildman–Crippen LogP) is 8.49. The number of aromatic carboxylic acids is 1. The van der Waals surface area contributed by atoms with Crippen LogP contribution in [-0.4, -0.2) is 16.2 Å². The summed E-state index contributed by atoms with van der Waals surface area (Å²) in [5.41, 5.74) is 3.56. The van der Waals surface area contributed by atoms with E-state index in [4.69, 9.17) is 0 Å². The van der Waals surface area contributed by atoms with Crippen LogP contribution in [0.25, 0.3) is 0 Å². The van der Waals surface area contributed by atoms with Gasteiger partial charge in [-0.15, -0.1) is 0 Å². The van der Waals surface area contributed by atoms with E-state index in [0.717, 1.165) is 24.8 Å². The van der Waals surface area contributed by atoms with E-state index in [0.29, 0.717) is 0 Å². The smallest absolute Gasteiger partial charge is 0.339 e. The Morgan fingerprint density at radius 3 is 1.94 bits per heavy atom. The Balaban J connectivity index is 2.08. The van der Waals surface area contributed by atoms with Gasteiger partial charge in [-0.25, -0.2) is 4.79 Å². The number of phenols is 1. The third-order valence-corrected chi connectivity index (χ3v) is 6.45. The molecule has 2 rings (SSSR count). The van der Waals surface area contributed by atoms with Crippen molar-refractivity contribution in [1.82, 2.24) is 0 Å². The van der Waals surface area contributed by atoms with Crippen molar-refractivity contribution < 1.29 is 15.0 Å². The second-order valence-electron chi connectivity index (χ2n) is 9.10. The number of rotatable bonds is 16. The van der Waals surface area contributed by atoms with Gasteiger partial charge in [-0.05, 0) is 48.1 Å². The van der Waals surface area contributed by atoms with Crippen molar-refractivity contribution >= 4 is 5.97 Å². The molecule has 0 radical (unpaired) electrons. The highest BCUT2D eigenvalue weighted by molar-refractivity contribution is 5.91. The molecule has 2 N–H and O–H groups in total. The zero-order chi connectivity index (χ0) is 23.2. The van der Waals surface area contributed by atoms with E-state index in [1.54, 1.807) is 6.07 Å². The zero-order valence-corrected chi connectivity index (χ0v) is 20.1. The Bertz CT molecular complexity index is 795. The van der Waals surface area contributed by atoms with Crippen LogP contribution in [0.1, 0.15) is 124 Å². The summed E-state index contributed by atoms with van der Waals surface area (Å²) >= 11 is 0. The summed E-state index contributed by atoms with van der Waals surface area (Å²) in [6, 6.07) is 14.0. The maximum absolute atomic E-state index is 11.5. The lowest BCUT2D eigenvalue weighted by Crippen LogP contribution is -2.05. The average molecular weight is 439 g/mol.